The zero-order valence-electron chi connectivity index (χ0n) is 8.10. The third-order valence-electron chi connectivity index (χ3n) is 1.71. The normalized spacial score (nSPS) is 12.7. The maximum absolute atomic E-state index is 5.82. The van der Waals surface area contributed by atoms with Crippen LogP contribution in [-0.2, 0) is 0 Å². The van der Waals surface area contributed by atoms with Crippen molar-refractivity contribution in [3.8, 4) is 0 Å². The second-order valence-corrected chi connectivity index (χ2v) is 5.39. The predicted molar refractivity (Wildman–Crippen MR) is 60.8 cm³/mol. The fraction of sp³-hybridized carbons (Fsp3) is 0.375. The zero-order chi connectivity index (χ0) is 10.8. The number of hydrogen-bond acceptors (Lipinski definition) is 6. The van der Waals surface area contributed by atoms with Crippen LogP contribution in [0.4, 0.5) is 5.82 Å². The van der Waals surface area contributed by atoms with Crippen LogP contribution in [0.1, 0.15) is 25.5 Å². The van der Waals surface area contributed by atoms with E-state index in [-0.39, 0.29) is 0 Å². The average Bonchev–Trinajstić information content (AvgIpc) is 2.77. The second-order valence-electron chi connectivity index (χ2n) is 3.20. The van der Waals surface area contributed by atoms with Gasteiger partial charge in [-0.3, -0.25) is 0 Å². The Balaban J connectivity index is 2.36. The molecule has 0 aromatic carbocycles. The summed E-state index contributed by atoms with van der Waals surface area (Å²) in [5, 5.41) is 4.25. The molecule has 2 rings (SSSR count). The van der Waals surface area contributed by atoms with Crippen molar-refractivity contribution in [2.45, 2.75) is 19.8 Å². The molecule has 2 aromatic heterocycles. The molecule has 0 unspecified atom stereocenters. The largest absolute Gasteiger partial charge is 0.359 e. The summed E-state index contributed by atoms with van der Waals surface area (Å²) < 4.78 is 9.72. The first-order valence-corrected chi connectivity index (χ1v) is 6.78. The Bertz CT molecular complexity index is 514. The summed E-state index contributed by atoms with van der Waals surface area (Å²) in [5.74, 6) is 1.66. The van der Waals surface area contributed by atoms with Gasteiger partial charge in [-0.15, -0.1) is 0 Å². The molecule has 4 nitrogen and oxygen atoms in total. The van der Waals surface area contributed by atoms with Crippen molar-refractivity contribution in [2.24, 2.45) is 4.99 Å². The van der Waals surface area contributed by atoms with Crippen LogP contribution in [0.25, 0.3) is 0 Å². The molecule has 2 heterocycles. The molecule has 15 heavy (non-hydrogen) atoms. The van der Waals surface area contributed by atoms with Crippen LogP contribution in [0.5, 0.6) is 0 Å². The second kappa shape index (κ2) is 4.42. The number of rotatable bonds is 2. The van der Waals surface area contributed by atoms with Gasteiger partial charge in [0.2, 0.25) is 0 Å². The van der Waals surface area contributed by atoms with Crippen LogP contribution in [-0.4, -0.2) is 9.53 Å². The number of halogens is 1. The molecule has 7 heteroatoms. The fourth-order valence-electron chi connectivity index (χ4n) is 0.933. The predicted octanol–water partition coefficient (Wildman–Crippen LogP) is 3.20. The summed E-state index contributed by atoms with van der Waals surface area (Å²) >= 11 is 5.82. The Labute approximate surface area is 98.8 Å². The lowest BCUT2D eigenvalue weighted by Gasteiger charge is -1.92. The van der Waals surface area contributed by atoms with E-state index >= 15 is 0 Å². The van der Waals surface area contributed by atoms with Crippen molar-refractivity contribution in [1.82, 2.24) is 9.53 Å². The minimum absolute atomic E-state index is 0.307. The topological polar surface area (TPSA) is 51.3 Å². The third-order valence-corrected chi connectivity index (χ3v) is 3.88. The van der Waals surface area contributed by atoms with Crippen molar-refractivity contribution in [1.29, 1.82) is 0 Å². The van der Waals surface area contributed by atoms with Crippen molar-refractivity contribution in [3.05, 3.63) is 21.7 Å². The van der Waals surface area contributed by atoms with Crippen LogP contribution in [0.15, 0.2) is 15.6 Å². The van der Waals surface area contributed by atoms with Gasteiger partial charge >= 0.3 is 0 Å². The molecule has 0 saturated heterocycles. The molecule has 80 valence electrons. The number of nitrogens with zero attached hydrogens (tertiary/aromatic N) is 3. The summed E-state index contributed by atoms with van der Waals surface area (Å²) in [6.07, 6.45) is 0. The highest BCUT2D eigenvalue weighted by Crippen LogP contribution is 2.19. The van der Waals surface area contributed by atoms with Gasteiger partial charge in [0.05, 0.1) is 0 Å². The molecular formula is C8H8ClN3OS2. The summed E-state index contributed by atoms with van der Waals surface area (Å²) in [6.45, 7) is 4.07. The Kier molecular flexibility index (Phi) is 3.18. The lowest BCUT2D eigenvalue weighted by molar-refractivity contribution is 0.372. The van der Waals surface area contributed by atoms with Crippen LogP contribution in [0.3, 0.4) is 0 Å². The first-order valence-electron chi connectivity index (χ1n) is 4.29. The monoisotopic (exact) mass is 261 g/mol. The first kappa shape index (κ1) is 10.8. The lowest BCUT2D eigenvalue weighted by Crippen LogP contribution is -1.92. The van der Waals surface area contributed by atoms with E-state index in [1.54, 1.807) is 0 Å². The Morgan fingerprint density at radius 3 is 2.87 bits per heavy atom. The molecule has 0 spiro atoms. The molecule has 0 amide bonds. The minimum atomic E-state index is 0.307. The van der Waals surface area contributed by atoms with Gasteiger partial charge in [0.25, 0.3) is 0 Å². The fourth-order valence-corrected chi connectivity index (χ4v) is 2.91. The van der Waals surface area contributed by atoms with Crippen molar-refractivity contribution in [2.75, 3.05) is 0 Å². The van der Waals surface area contributed by atoms with Gasteiger partial charge in [0.1, 0.15) is 5.76 Å². The van der Waals surface area contributed by atoms with E-state index in [2.05, 4.69) is 14.5 Å². The van der Waals surface area contributed by atoms with Crippen LogP contribution >= 0.6 is 32.5 Å². The summed E-state index contributed by atoms with van der Waals surface area (Å²) in [4.78, 5) is 4.23. The third kappa shape index (κ3) is 2.45. The quantitative estimate of drug-likeness (QED) is 0.780. The molecule has 0 aliphatic rings. The van der Waals surface area contributed by atoms with E-state index in [1.165, 1.54) is 20.9 Å². The molecule has 0 saturated carbocycles. The van der Waals surface area contributed by atoms with Gasteiger partial charge < -0.3 is 4.52 Å². The summed E-state index contributed by atoms with van der Waals surface area (Å²) in [7, 11) is 2.72. The molecule has 0 radical (unpaired) electrons. The van der Waals surface area contributed by atoms with E-state index in [4.69, 9.17) is 16.1 Å². The number of hydrogen-bond donors (Lipinski definition) is 0. The lowest BCUT2D eigenvalue weighted by atomic mass is 10.2. The highest BCUT2D eigenvalue weighted by molar-refractivity contribution is 7.66. The summed E-state index contributed by atoms with van der Waals surface area (Å²) in [6, 6.07) is 1.81. The summed E-state index contributed by atoms with van der Waals surface area (Å²) in [5.41, 5.74) is 0. The SMILES string of the molecule is CC(C)c1cc(N=c2ssnc2Cl)no1. The van der Waals surface area contributed by atoms with E-state index in [0.717, 1.165) is 5.76 Å². The highest BCUT2D eigenvalue weighted by atomic mass is 35.5. The van der Waals surface area contributed by atoms with Crippen LogP contribution < -0.4 is 4.67 Å². The van der Waals surface area contributed by atoms with Crippen LogP contribution in [0, 0.1) is 0 Å². The first-order chi connectivity index (χ1) is 7.16. The van der Waals surface area contributed by atoms with Gasteiger partial charge in [0.15, 0.2) is 15.6 Å². The maximum atomic E-state index is 5.82. The molecule has 0 bridgehead atoms. The average molecular weight is 262 g/mol. The van der Waals surface area contributed by atoms with Crippen LogP contribution in [0.2, 0.25) is 5.15 Å². The zero-order valence-corrected chi connectivity index (χ0v) is 10.5. The van der Waals surface area contributed by atoms with Gasteiger partial charge in [-0.2, -0.15) is 4.37 Å². The van der Waals surface area contributed by atoms with Crippen molar-refractivity contribution in [3.63, 3.8) is 0 Å². The van der Waals surface area contributed by atoms with E-state index in [9.17, 15) is 0 Å². The molecule has 0 atom stereocenters. The Morgan fingerprint density at radius 2 is 2.33 bits per heavy atom. The van der Waals surface area contributed by atoms with Crippen molar-refractivity contribution >= 4 is 38.3 Å². The standard InChI is InChI=1S/C8H8ClN3OS2/c1-4(2)5-3-6(11-13-5)10-8-7(9)12-15-14-8/h3-4H,1-2H3. The molecule has 2 aromatic rings. The van der Waals surface area contributed by atoms with E-state index in [0.29, 0.717) is 21.6 Å². The maximum Gasteiger partial charge on any atom is 0.196 e. The number of aromatic nitrogens is 2. The molecular weight excluding hydrogens is 254 g/mol. The van der Waals surface area contributed by atoms with E-state index in [1.807, 2.05) is 19.9 Å². The molecule has 0 fully saturated rings. The highest BCUT2D eigenvalue weighted by Gasteiger charge is 2.07. The van der Waals surface area contributed by atoms with Gasteiger partial charge in [0, 0.05) is 22.5 Å². The molecule has 0 aliphatic heterocycles. The minimum Gasteiger partial charge on any atom is -0.359 e. The smallest absolute Gasteiger partial charge is 0.196 e. The Hall–Kier alpha value is -0.720. The molecule has 0 N–H and O–H groups in total. The van der Waals surface area contributed by atoms with Crippen molar-refractivity contribution < 1.29 is 4.52 Å². The van der Waals surface area contributed by atoms with E-state index < -0.39 is 0 Å². The molecule has 0 aliphatic carbocycles. The van der Waals surface area contributed by atoms with Gasteiger partial charge in [-0.1, -0.05) is 30.6 Å². The van der Waals surface area contributed by atoms with Gasteiger partial charge in [-0.05, 0) is 10.3 Å². The van der Waals surface area contributed by atoms with Gasteiger partial charge in [-0.25, -0.2) is 4.99 Å². The Morgan fingerprint density at radius 1 is 1.53 bits per heavy atom.